The van der Waals surface area contributed by atoms with E-state index in [0.29, 0.717) is 0 Å². The van der Waals surface area contributed by atoms with Crippen LogP contribution in [-0.4, -0.2) is 23.7 Å². The summed E-state index contributed by atoms with van der Waals surface area (Å²) in [6, 6.07) is 36.0. The molecule has 6 heteroatoms. The molecular formula is C38H32N5Pt-. The summed E-state index contributed by atoms with van der Waals surface area (Å²) in [7, 11) is 2.04. The molecule has 0 spiro atoms. The van der Waals surface area contributed by atoms with E-state index >= 15 is 0 Å². The monoisotopic (exact) mass is 753 g/mol. The summed E-state index contributed by atoms with van der Waals surface area (Å²) in [5.41, 5.74) is 9.63. The van der Waals surface area contributed by atoms with Crippen molar-refractivity contribution in [2.24, 2.45) is 7.05 Å². The Morgan fingerprint density at radius 3 is 1.95 bits per heavy atom. The van der Waals surface area contributed by atoms with Crippen molar-refractivity contribution in [2.75, 3.05) is 0 Å². The molecule has 5 nitrogen and oxygen atoms in total. The Bertz CT molecular complexity index is 2360. The van der Waals surface area contributed by atoms with Gasteiger partial charge in [0.1, 0.15) is 5.65 Å². The normalized spacial score (nSPS) is 12.0. The van der Waals surface area contributed by atoms with Crippen LogP contribution in [-0.2, 0) is 33.5 Å². The van der Waals surface area contributed by atoms with Gasteiger partial charge in [0.15, 0.2) is 5.65 Å². The minimum absolute atomic E-state index is 0. The number of pyridine rings is 1. The number of aromatic nitrogens is 5. The molecule has 44 heavy (non-hydrogen) atoms. The molecule has 4 aromatic heterocycles. The van der Waals surface area contributed by atoms with Crippen molar-refractivity contribution in [3.63, 3.8) is 0 Å². The number of hydrogen-bond donors (Lipinski definition) is 0. The second kappa shape index (κ2) is 10.3. The van der Waals surface area contributed by atoms with E-state index in [4.69, 9.17) is 9.97 Å². The fourth-order valence-electron chi connectivity index (χ4n) is 6.77. The van der Waals surface area contributed by atoms with Gasteiger partial charge in [-0.1, -0.05) is 92.6 Å². The molecule has 0 atom stereocenters. The number of rotatable bonds is 3. The summed E-state index contributed by atoms with van der Waals surface area (Å²) in [4.78, 5) is 10.4. The maximum absolute atomic E-state index is 5.57. The van der Waals surface area contributed by atoms with Gasteiger partial charge in [0.2, 0.25) is 5.95 Å². The van der Waals surface area contributed by atoms with E-state index in [1.165, 1.54) is 38.2 Å². The average Bonchev–Trinajstić information content (AvgIpc) is 3.67. The molecule has 0 amide bonds. The Balaban J connectivity index is 0.00000312. The number of para-hydroxylation sites is 2. The molecule has 0 bridgehead atoms. The molecular weight excluding hydrogens is 722 g/mol. The fourth-order valence-corrected chi connectivity index (χ4v) is 6.77. The second-order valence-corrected chi connectivity index (χ2v) is 12.4. The summed E-state index contributed by atoms with van der Waals surface area (Å²) in [6.45, 7) is 9.09. The van der Waals surface area contributed by atoms with Crippen molar-refractivity contribution in [3.05, 3.63) is 121 Å². The number of fused-ring (bicyclic) bond motifs is 6. The van der Waals surface area contributed by atoms with Gasteiger partial charge in [-0.3, -0.25) is 4.57 Å². The van der Waals surface area contributed by atoms with Crippen molar-refractivity contribution in [3.8, 4) is 22.8 Å². The maximum Gasteiger partial charge on any atom is 0.215 e. The zero-order chi connectivity index (χ0) is 29.5. The number of hydrogen-bond acceptors (Lipinski definition) is 2. The van der Waals surface area contributed by atoms with Crippen LogP contribution in [0.4, 0.5) is 0 Å². The van der Waals surface area contributed by atoms with Crippen LogP contribution in [0.1, 0.15) is 31.9 Å². The van der Waals surface area contributed by atoms with Crippen LogP contribution < -0.4 is 0 Å². The van der Waals surface area contributed by atoms with E-state index in [1.807, 2.05) is 19.4 Å². The van der Waals surface area contributed by atoms with Gasteiger partial charge in [-0.2, -0.15) is 0 Å². The zero-order valence-electron chi connectivity index (χ0n) is 25.4. The van der Waals surface area contributed by atoms with E-state index in [2.05, 4.69) is 138 Å². The van der Waals surface area contributed by atoms with Crippen LogP contribution in [0.5, 0.6) is 0 Å². The van der Waals surface area contributed by atoms with Gasteiger partial charge < -0.3 is 9.13 Å². The Morgan fingerprint density at radius 2 is 1.32 bits per heavy atom. The first-order valence-electron chi connectivity index (χ1n) is 14.8. The van der Waals surface area contributed by atoms with Gasteiger partial charge in [-0.05, 0) is 35.7 Å². The summed E-state index contributed by atoms with van der Waals surface area (Å²) < 4.78 is 6.57. The van der Waals surface area contributed by atoms with Crippen molar-refractivity contribution in [1.82, 2.24) is 23.7 Å². The van der Waals surface area contributed by atoms with Crippen LogP contribution in [0.2, 0.25) is 0 Å². The van der Waals surface area contributed by atoms with Crippen LogP contribution >= 0.6 is 0 Å². The first-order chi connectivity index (χ1) is 20.8. The average molecular weight is 754 g/mol. The topological polar surface area (TPSA) is 40.6 Å². The molecule has 4 heterocycles. The van der Waals surface area contributed by atoms with E-state index in [1.54, 1.807) is 0 Å². The number of aryl methyl sites for hydroxylation is 2. The Labute approximate surface area is 271 Å². The van der Waals surface area contributed by atoms with Crippen molar-refractivity contribution in [2.45, 2.75) is 33.1 Å². The first kappa shape index (κ1) is 28.3. The molecule has 0 aliphatic heterocycles. The zero-order valence-corrected chi connectivity index (χ0v) is 27.6. The minimum Gasteiger partial charge on any atom is -0.320 e. The molecule has 4 aromatic carbocycles. The predicted octanol–water partition coefficient (Wildman–Crippen LogP) is 9.08. The predicted molar refractivity (Wildman–Crippen MR) is 177 cm³/mol. The van der Waals surface area contributed by atoms with Crippen LogP contribution in [0.15, 0.2) is 103 Å². The summed E-state index contributed by atoms with van der Waals surface area (Å²) in [5.74, 6) is 0.841. The van der Waals surface area contributed by atoms with Gasteiger partial charge >= 0.3 is 0 Å². The van der Waals surface area contributed by atoms with Crippen molar-refractivity contribution < 1.29 is 21.1 Å². The van der Waals surface area contributed by atoms with E-state index in [0.717, 1.165) is 39.5 Å². The molecule has 0 fully saturated rings. The number of imidazole rings is 1. The molecule has 0 aliphatic carbocycles. The van der Waals surface area contributed by atoms with Crippen molar-refractivity contribution in [1.29, 1.82) is 0 Å². The molecule has 8 rings (SSSR count). The third-order valence-corrected chi connectivity index (χ3v) is 8.61. The molecule has 0 unspecified atom stereocenters. The Hall–Kier alpha value is -4.47. The second-order valence-electron chi connectivity index (χ2n) is 12.4. The van der Waals surface area contributed by atoms with Crippen LogP contribution in [0.3, 0.4) is 0 Å². The van der Waals surface area contributed by atoms with Gasteiger partial charge in [0.05, 0.1) is 11.0 Å². The quantitative estimate of drug-likeness (QED) is 0.169. The molecule has 0 aliphatic rings. The molecule has 0 saturated heterocycles. The first-order valence-corrected chi connectivity index (χ1v) is 14.8. The van der Waals surface area contributed by atoms with Gasteiger partial charge in [0, 0.05) is 62.1 Å². The third-order valence-electron chi connectivity index (χ3n) is 8.61. The van der Waals surface area contributed by atoms with Gasteiger partial charge in [-0.15, -0.1) is 29.8 Å². The van der Waals surface area contributed by atoms with E-state index < -0.39 is 0 Å². The standard InChI is InChI=1S/C38H32N5.Pt/c1-24-13-6-7-16-27(24)25-14-12-15-26(23-25)42-30-19-10-8-17-28(30)32-34(38(2,3)4)33-29-18-9-11-20-31(29)43(36(33)40-35(32)42)37-39-21-22-41(37)5;/h6-22H,1-5H3;/q-1;. The Morgan fingerprint density at radius 1 is 0.705 bits per heavy atom. The van der Waals surface area contributed by atoms with Gasteiger partial charge in [-0.25, -0.2) is 9.97 Å². The molecule has 220 valence electrons. The van der Waals surface area contributed by atoms with E-state index in [9.17, 15) is 0 Å². The minimum atomic E-state index is -0.169. The molecule has 0 radical (unpaired) electrons. The van der Waals surface area contributed by atoms with Gasteiger partial charge in [0.25, 0.3) is 0 Å². The smallest absolute Gasteiger partial charge is 0.215 e. The summed E-state index contributed by atoms with van der Waals surface area (Å²) in [5, 5.41) is 4.75. The molecule has 0 saturated carbocycles. The van der Waals surface area contributed by atoms with Crippen LogP contribution in [0.25, 0.3) is 66.6 Å². The largest absolute Gasteiger partial charge is 0.320 e. The molecule has 8 aromatic rings. The summed E-state index contributed by atoms with van der Waals surface area (Å²) in [6.07, 6.45) is 3.84. The third kappa shape index (κ3) is 4.10. The van der Waals surface area contributed by atoms with E-state index in [-0.39, 0.29) is 26.5 Å². The van der Waals surface area contributed by atoms with Crippen LogP contribution in [0, 0.1) is 13.0 Å². The number of benzene rings is 4. The summed E-state index contributed by atoms with van der Waals surface area (Å²) >= 11 is 0. The van der Waals surface area contributed by atoms with Crippen molar-refractivity contribution >= 4 is 43.9 Å². The number of nitrogens with zero attached hydrogens (tertiary/aromatic N) is 5. The fraction of sp³-hybridized carbons (Fsp3) is 0.158. The Kier molecular flexibility index (Phi) is 6.64. The SMILES string of the molecule is Cc1ccccc1-c1[c-]c(-n2c3ccccc3c3c(C(C)(C)C)c4c5ccccc5n(-c5nccn5C)c4nc32)ccc1.[Pt]. The maximum atomic E-state index is 5.57. The molecule has 0 N–H and O–H groups in total.